The number of likely N-dealkylation sites (tertiary alicyclic amines) is 2. The lowest BCUT2D eigenvalue weighted by atomic mass is 9.77. The van der Waals surface area contributed by atoms with E-state index in [2.05, 4.69) is 10.6 Å². The Kier molecular flexibility index (Phi) is 15.7. The minimum absolute atomic E-state index is 0.00199. The zero-order valence-corrected chi connectivity index (χ0v) is 28.8. The summed E-state index contributed by atoms with van der Waals surface area (Å²) in [7, 11) is 4.86. The number of nitrogens with zero attached hydrogens (tertiary/aromatic N) is 3. The molecule has 0 aromatic carbocycles. The summed E-state index contributed by atoms with van der Waals surface area (Å²) >= 11 is 0. The van der Waals surface area contributed by atoms with Crippen LogP contribution in [0.4, 0.5) is 0 Å². The molecule has 2 aliphatic rings. The number of nitrogens with one attached hydrogen (secondary N) is 2. The Morgan fingerprint density at radius 1 is 1.00 bits per heavy atom. The van der Waals surface area contributed by atoms with E-state index in [0.29, 0.717) is 32.4 Å². The Bertz CT molecular complexity index is 988. The van der Waals surface area contributed by atoms with Crippen molar-refractivity contribution < 1.29 is 38.7 Å². The van der Waals surface area contributed by atoms with Crippen LogP contribution in [-0.2, 0) is 28.7 Å². The first-order chi connectivity index (χ1) is 21.2. The first-order valence-corrected chi connectivity index (χ1v) is 16.5. The first-order valence-electron chi connectivity index (χ1n) is 16.5. The predicted octanol–water partition coefficient (Wildman–Crippen LogP) is 0.270. The van der Waals surface area contributed by atoms with Crippen LogP contribution in [0.3, 0.4) is 0 Å². The molecule has 4 N–H and O–H groups in total. The number of ether oxygens (including phenoxy) is 2. The molecule has 258 valence electrons. The van der Waals surface area contributed by atoms with Gasteiger partial charge in [0.1, 0.15) is 0 Å². The molecule has 0 aliphatic carbocycles. The van der Waals surface area contributed by atoms with Gasteiger partial charge < -0.3 is 44.9 Å². The summed E-state index contributed by atoms with van der Waals surface area (Å²) in [6.45, 7) is 10.5. The average Bonchev–Trinajstić information content (AvgIpc) is 3.70. The lowest BCUT2D eigenvalue weighted by molar-refractivity contribution is -0.148. The summed E-state index contributed by atoms with van der Waals surface area (Å²) in [5.41, 5.74) is 0. The SMILES string of the molecule is CCC(C)C(C(CC(=O)N1CCCC1C(OC)C(C)C(=O)N1CCC[C@H]1B(O)O)OC)N(C)C(=O)CNC(=O)C(NC)C(C)C. The summed E-state index contributed by atoms with van der Waals surface area (Å²) in [6, 6.07) is -1.18. The van der Waals surface area contributed by atoms with Gasteiger partial charge in [-0.25, -0.2) is 0 Å². The van der Waals surface area contributed by atoms with E-state index in [1.54, 1.807) is 30.8 Å². The van der Waals surface area contributed by atoms with Gasteiger partial charge in [-0.05, 0) is 44.6 Å². The molecule has 45 heavy (non-hydrogen) atoms. The van der Waals surface area contributed by atoms with Gasteiger partial charge in [0.05, 0.1) is 55.2 Å². The molecule has 0 aromatic rings. The first kappa shape index (κ1) is 38.9. The second kappa shape index (κ2) is 18.2. The Morgan fingerprint density at radius 2 is 1.62 bits per heavy atom. The quantitative estimate of drug-likeness (QED) is 0.164. The normalized spacial score (nSPS) is 22.5. The van der Waals surface area contributed by atoms with Crippen molar-refractivity contribution in [2.45, 2.75) is 109 Å². The number of amides is 4. The molecule has 2 heterocycles. The standard InChI is InChI=1S/C31H58BN5O8/c1-10-20(4)28(35(7)26(39)18-34-30(40)27(33-6)19(2)3)23(44-8)17-25(38)36-15-11-13-22(36)29(45-9)21(5)31(41)37-16-12-14-24(37)32(42)43/h19-24,27-29,33,42-43H,10-18H2,1-9H3,(H,34,40)/t20?,21?,22?,23?,24-,27?,28?,29?/m0/s1. The van der Waals surface area contributed by atoms with Gasteiger partial charge >= 0.3 is 7.12 Å². The van der Waals surface area contributed by atoms with Crippen LogP contribution in [0.15, 0.2) is 0 Å². The molecule has 0 aromatic heterocycles. The molecule has 13 nitrogen and oxygen atoms in total. The smallest absolute Gasteiger partial charge is 0.426 e. The largest absolute Gasteiger partial charge is 0.475 e. The summed E-state index contributed by atoms with van der Waals surface area (Å²) in [5, 5.41) is 25.3. The number of hydrogen-bond donors (Lipinski definition) is 4. The molecular formula is C31H58BN5O8. The molecule has 8 atom stereocenters. The fraction of sp³-hybridized carbons (Fsp3) is 0.871. The maximum absolute atomic E-state index is 13.9. The van der Waals surface area contributed by atoms with Crippen molar-refractivity contribution in [3.8, 4) is 0 Å². The van der Waals surface area contributed by atoms with Crippen LogP contribution < -0.4 is 10.6 Å². The van der Waals surface area contributed by atoms with Gasteiger partial charge in [-0.3, -0.25) is 19.2 Å². The molecule has 0 spiro atoms. The Balaban J connectivity index is 2.17. The molecule has 0 saturated carbocycles. The Labute approximate surface area is 269 Å². The third-order valence-corrected chi connectivity index (χ3v) is 9.88. The molecule has 2 saturated heterocycles. The number of carbonyl (C=O) groups excluding carboxylic acids is 4. The topological polar surface area (TPSA) is 161 Å². The van der Waals surface area contributed by atoms with Crippen molar-refractivity contribution in [3.05, 3.63) is 0 Å². The minimum Gasteiger partial charge on any atom is -0.426 e. The van der Waals surface area contributed by atoms with Crippen molar-refractivity contribution >= 4 is 30.7 Å². The molecule has 14 heteroatoms. The van der Waals surface area contributed by atoms with Crippen LogP contribution in [0.5, 0.6) is 0 Å². The van der Waals surface area contributed by atoms with Crippen LogP contribution in [-0.4, -0.2) is 140 Å². The zero-order chi connectivity index (χ0) is 34.0. The van der Waals surface area contributed by atoms with Crippen LogP contribution in [0.2, 0.25) is 0 Å². The van der Waals surface area contributed by atoms with E-state index in [-0.39, 0.29) is 54.5 Å². The van der Waals surface area contributed by atoms with Crippen molar-refractivity contribution in [1.29, 1.82) is 0 Å². The summed E-state index contributed by atoms with van der Waals surface area (Å²) in [6.07, 6.45) is 2.24. The van der Waals surface area contributed by atoms with Crippen molar-refractivity contribution in [2.75, 3.05) is 47.9 Å². The van der Waals surface area contributed by atoms with Crippen LogP contribution in [0.25, 0.3) is 0 Å². The maximum Gasteiger partial charge on any atom is 0.475 e. The minimum atomic E-state index is -1.61. The van der Waals surface area contributed by atoms with Gasteiger partial charge in [-0.15, -0.1) is 0 Å². The van der Waals surface area contributed by atoms with E-state index in [9.17, 15) is 29.2 Å². The number of likely N-dealkylation sites (N-methyl/N-ethyl adjacent to an activating group) is 2. The number of carbonyl (C=O) groups is 4. The average molecular weight is 640 g/mol. The van der Waals surface area contributed by atoms with Gasteiger partial charge in [0.2, 0.25) is 23.6 Å². The van der Waals surface area contributed by atoms with Crippen molar-refractivity contribution in [1.82, 2.24) is 25.3 Å². The number of methoxy groups -OCH3 is 2. The van der Waals surface area contributed by atoms with E-state index in [1.165, 1.54) is 19.1 Å². The highest BCUT2D eigenvalue weighted by molar-refractivity contribution is 6.43. The highest BCUT2D eigenvalue weighted by atomic mass is 16.5. The molecule has 0 bridgehead atoms. The number of hydrogen-bond acceptors (Lipinski definition) is 9. The monoisotopic (exact) mass is 639 g/mol. The van der Waals surface area contributed by atoms with Gasteiger partial charge in [0.15, 0.2) is 0 Å². The van der Waals surface area contributed by atoms with E-state index in [1.807, 2.05) is 27.7 Å². The van der Waals surface area contributed by atoms with Crippen molar-refractivity contribution in [3.63, 3.8) is 0 Å². The number of rotatable bonds is 17. The van der Waals surface area contributed by atoms with E-state index in [0.717, 1.165) is 12.8 Å². The van der Waals surface area contributed by atoms with Gasteiger partial charge in [-0.1, -0.05) is 41.0 Å². The molecule has 2 rings (SSSR count). The van der Waals surface area contributed by atoms with Gasteiger partial charge in [0, 0.05) is 34.4 Å². The molecular weight excluding hydrogens is 581 g/mol. The second-order valence-electron chi connectivity index (χ2n) is 13.0. The van der Waals surface area contributed by atoms with Crippen molar-refractivity contribution in [2.24, 2.45) is 17.8 Å². The fourth-order valence-corrected chi connectivity index (χ4v) is 7.12. The maximum atomic E-state index is 13.9. The Hall–Kier alpha value is -2.26. The highest BCUT2D eigenvalue weighted by Crippen LogP contribution is 2.31. The summed E-state index contributed by atoms with van der Waals surface area (Å²) < 4.78 is 11.7. The summed E-state index contributed by atoms with van der Waals surface area (Å²) in [5.74, 6) is -2.08. The van der Waals surface area contributed by atoms with Crippen LogP contribution in [0, 0.1) is 17.8 Å². The molecule has 7 unspecified atom stereocenters. The molecule has 2 fully saturated rings. The third-order valence-electron chi connectivity index (χ3n) is 9.88. The highest BCUT2D eigenvalue weighted by Gasteiger charge is 2.45. The van der Waals surface area contributed by atoms with Crippen LogP contribution >= 0.6 is 0 Å². The fourth-order valence-electron chi connectivity index (χ4n) is 7.12. The lowest BCUT2D eigenvalue weighted by Crippen LogP contribution is -2.55. The van der Waals surface area contributed by atoms with Gasteiger partial charge in [0.25, 0.3) is 0 Å². The van der Waals surface area contributed by atoms with E-state index >= 15 is 0 Å². The lowest BCUT2D eigenvalue weighted by Gasteiger charge is -2.39. The summed E-state index contributed by atoms with van der Waals surface area (Å²) in [4.78, 5) is 58.2. The van der Waals surface area contributed by atoms with Gasteiger partial charge in [-0.2, -0.15) is 0 Å². The molecule has 4 amide bonds. The second-order valence-corrected chi connectivity index (χ2v) is 13.0. The van der Waals surface area contributed by atoms with E-state index in [4.69, 9.17) is 9.47 Å². The molecule has 2 aliphatic heterocycles. The predicted molar refractivity (Wildman–Crippen MR) is 172 cm³/mol. The molecule has 0 radical (unpaired) electrons. The third kappa shape index (κ3) is 9.63. The Morgan fingerprint density at radius 3 is 2.16 bits per heavy atom. The zero-order valence-electron chi connectivity index (χ0n) is 28.8. The van der Waals surface area contributed by atoms with Crippen LogP contribution in [0.1, 0.15) is 73.1 Å². The van der Waals surface area contributed by atoms with E-state index < -0.39 is 43.3 Å².